The molecule has 0 aliphatic carbocycles. The Hall–Kier alpha value is -0.350. The van der Waals surface area contributed by atoms with Gasteiger partial charge < -0.3 is 10.6 Å². The number of amides is 1. The van der Waals surface area contributed by atoms with Crippen molar-refractivity contribution in [1.82, 2.24) is 4.90 Å². The number of nitrogens with two attached hydrogens (primary N) is 1. The minimum atomic E-state index is -0.245. The fraction of sp³-hybridized carbons (Fsp3) is 0.880. The van der Waals surface area contributed by atoms with Gasteiger partial charge in [-0.15, -0.1) is 17.0 Å². The van der Waals surface area contributed by atoms with Crippen LogP contribution < -0.4 is 5.73 Å². The molecule has 2 N–H and O–H groups in total. The molecule has 0 saturated heterocycles. The molecule has 0 heterocycles. The van der Waals surface area contributed by atoms with Gasteiger partial charge in [0.2, 0.25) is 5.91 Å². The highest BCUT2D eigenvalue weighted by atomic mass is 79.9. The number of primary amides is 1. The lowest BCUT2D eigenvalue weighted by Crippen LogP contribution is -2.16. The lowest BCUT2D eigenvalue weighted by atomic mass is 9.96. The molecule has 174 valence electrons. The summed E-state index contributed by atoms with van der Waals surface area (Å²) in [6.45, 7) is 5.25. The molecule has 0 atom stereocenters. The third kappa shape index (κ3) is 20.7. The zero-order chi connectivity index (χ0) is 21.0. The lowest BCUT2D eigenvalue weighted by Gasteiger charge is -2.13. The molecule has 0 saturated carbocycles. The predicted molar refractivity (Wildman–Crippen MR) is 135 cm³/mol. The van der Waals surface area contributed by atoms with Crippen molar-refractivity contribution < 1.29 is 4.79 Å². The molecule has 0 unspecified atom stereocenters. The Labute approximate surface area is 193 Å². The van der Waals surface area contributed by atoms with E-state index in [1.807, 2.05) is 6.92 Å². The van der Waals surface area contributed by atoms with Crippen molar-refractivity contribution in [1.29, 1.82) is 0 Å². The summed E-state index contributed by atoms with van der Waals surface area (Å²) in [5, 5.41) is 0. The highest BCUT2D eigenvalue weighted by Gasteiger charge is 2.08. The van der Waals surface area contributed by atoms with E-state index in [4.69, 9.17) is 5.73 Å². The summed E-state index contributed by atoms with van der Waals surface area (Å²) in [5.41, 5.74) is 7.60. The molecule has 0 radical (unpaired) electrons. The van der Waals surface area contributed by atoms with Crippen molar-refractivity contribution >= 4 is 22.9 Å². The van der Waals surface area contributed by atoms with Crippen molar-refractivity contribution in [3.05, 3.63) is 11.1 Å². The molecular weight excluding hydrogens is 424 g/mol. The van der Waals surface area contributed by atoms with Gasteiger partial charge in [0.15, 0.2) is 0 Å². The lowest BCUT2D eigenvalue weighted by molar-refractivity contribution is -0.114. The van der Waals surface area contributed by atoms with Crippen LogP contribution in [0, 0.1) is 0 Å². The highest BCUT2D eigenvalue weighted by Crippen LogP contribution is 2.20. The third-order valence-corrected chi connectivity index (χ3v) is 5.82. The zero-order valence-electron chi connectivity index (χ0n) is 20.1. The standard InChI is InChI=1S/C25H50N2O.BrH/c1-5-6-7-8-9-10-11-12-13-14-15-16-17-18-20-24(23(2)25(26)28)21-19-22-27(3)4;/h5-22H2,1-4H3,(H2,26,28);1H. The van der Waals surface area contributed by atoms with Gasteiger partial charge in [-0.25, -0.2) is 0 Å². The number of allylic oxidation sites excluding steroid dienone is 1. The van der Waals surface area contributed by atoms with E-state index >= 15 is 0 Å². The van der Waals surface area contributed by atoms with Gasteiger partial charge in [-0.1, -0.05) is 96.0 Å². The van der Waals surface area contributed by atoms with E-state index in [1.54, 1.807) is 0 Å². The Bertz CT molecular complexity index is 408. The second-order valence-corrected chi connectivity index (χ2v) is 8.85. The number of carbonyl (C=O) groups excluding carboxylic acids is 1. The van der Waals surface area contributed by atoms with E-state index in [2.05, 4.69) is 25.9 Å². The fourth-order valence-electron chi connectivity index (χ4n) is 3.82. The van der Waals surface area contributed by atoms with Crippen LogP contribution in [0.1, 0.15) is 123 Å². The first-order chi connectivity index (χ1) is 13.5. The third-order valence-electron chi connectivity index (χ3n) is 5.82. The smallest absolute Gasteiger partial charge is 0.244 e. The molecule has 0 aromatic rings. The molecule has 29 heavy (non-hydrogen) atoms. The number of rotatable bonds is 20. The number of nitrogens with zero attached hydrogens (tertiary/aromatic N) is 1. The monoisotopic (exact) mass is 474 g/mol. The van der Waals surface area contributed by atoms with E-state index in [0.29, 0.717) is 0 Å². The van der Waals surface area contributed by atoms with Crippen LogP contribution in [0.4, 0.5) is 0 Å². The first-order valence-corrected chi connectivity index (χ1v) is 12.1. The molecule has 0 aliphatic rings. The molecule has 3 nitrogen and oxygen atoms in total. The minimum Gasteiger partial charge on any atom is -0.366 e. The Morgan fingerprint density at radius 1 is 0.690 bits per heavy atom. The second-order valence-electron chi connectivity index (χ2n) is 8.85. The van der Waals surface area contributed by atoms with Crippen LogP contribution in [0.5, 0.6) is 0 Å². The molecular formula is C25H51BrN2O. The molecule has 0 fully saturated rings. The molecule has 0 bridgehead atoms. The molecule has 0 rings (SSSR count). The van der Waals surface area contributed by atoms with E-state index in [9.17, 15) is 4.79 Å². The van der Waals surface area contributed by atoms with Gasteiger partial charge in [0.1, 0.15) is 0 Å². The largest absolute Gasteiger partial charge is 0.366 e. The number of unbranched alkanes of at least 4 members (excludes halogenated alkanes) is 13. The Morgan fingerprint density at radius 3 is 1.45 bits per heavy atom. The highest BCUT2D eigenvalue weighted by molar-refractivity contribution is 8.93. The fourth-order valence-corrected chi connectivity index (χ4v) is 3.82. The van der Waals surface area contributed by atoms with Crippen molar-refractivity contribution in [2.24, 2.45) is 5.73 Å². The molecule has 0 aromatic carbocycles. The van der Waals surface area contributed by atoms with Crippen molar-refractivity contribution in [2.45, 2.75) is 123 Å². The Morgan fingerprint density at radius 2 is 1.07 bits per heavy atom. The first kappa shape index (κ1) is 30.8. The van der Waals surface area contributed by atoms with Gasteiger partial charge in [-0.3, -0.25) is 4.79 Å². The average Bonchev–Trinajstić information content (AvgIpc) is 2.65. The van der Waals surface area contributed by atoms with Gasteiger partial charge in [0.05, 0.1) is 0 Å². The number of hydrogen-bond donors (Lipinski definition) is 1. The maximum Gasteiger partial charge on any atom is 0.244 e. The maximum absolute atomic E-state index is 11.5. The number of carbonyl (C=O) groups is 1. The number of halogens is 1. The summed E-state index contributed by atoms with van der Waals surface area (Å²) in [6, 6.07) is 0. The van der Waals surface area contributed by atoms with Gasteiger partial charge in [0, 0.05) is 5.57 Å². The van der Waals surface area contributed by atoms with Crippen molar-refractivity contribution in [3.8, 4) is 0 Å². The second kappa shape index (κ2) is 22.3. The van der Waals surface area contributed by atoms with Crippen LogP contribution in [-0.2, 0) is 4.79 Å². The van der Waals surface area contributed by atoms with Crippen molar-refractivity contribution in [2.75, 3.05) is 20.6 Å². The van der Waals surface area contributed by atoms with E-state index in [1.165, 1.54) is 95.5 Å². The quantitative estimate of drug-likeness (QED) is 0.146. The van der Waals surface area contributed by atoms with Gasteiger partial charge >= 0.3 is 0 Å². The van der Waals surface area contributed by atoms with Crippen LogP contribution in [0.25, 0.3) is 0 Å². The first-order valence-electron chi connectivity index (χ1n) is 12.1. The van der Waals surface area contributed by atoms with E-state index < -0.39 is 0 Å². The summed E-state index contributed by atoms with van der Waals surface area (Å²) >= 11 is 0. The summed E-state index contributed by atoms with van der Waals surface area (Å²) in [4.78, 5) is 13.7. The maximum atomic E-state index is 11.5. The molecule has 0 spiro atoms. The summed E-state index contributed by atoms with van der Waals surface area (Å²) in [5.74, 6) is -0.245. The summed E-state index contributed by atoms with van der Waals surface area (Å²) in [7, 11) is 4.19. The molecule has 4 heteroatoms. The molecule has 0 aliphatic heterocycles. The van der Waals surface area contributed by atoms with Crippen LogP contribution in [0.15, 0.2) is 11.1 Å². The van der Waals surface area contributed by atoms with Gasteiger partial charge in [-0.2, -0.15) is 0 Å². The molecule has 1 amide bonds. The summed E-state index contributed by atoms with van der Waals surface area (Å²) in [6.07, 6.45) is 22.5. The van der Waals surface area contributed by atoms with Crippen LogP contribution in [-0.4, -0.2) is 31.4 Å². The van der Waals surface area contributed by atoms with Crippen molar-refractivity contribution in [3.63, 3.8) is 0 Å². The van der Waals surface area contributed by atoms with E-state index in [0.717, 1.165) is 31.4 Å². The normalized spacial score (nSPS) is 12.0. The molecule has 0 aromatic heterocycles. The minimum absolute atomic E-state index is 0. The van der Waals surface area contributed by atoms with E-state index in [-0.39, 0.29) is 22.9 Å². The predicted octanol–water partition coefficient (Wildman–Crippen LogP) is 7.58. The number of hydrogen-bond acceptors (Lipinski definition) is 2. The van der Waals surface area contributed by atoms with Crippen LogP contribution in [0.3, 0.4) is 0 Å². The average molecular weight is 476 g/mol. The topological polar surface area (TPSA) is 46.3 Å². The van der Waals surface area contributed by atoms with Crippen LogP contribution >= 0.6 is 17.0 Å². The van der Waals surface area contributed by atoms with Gasteiger partial charge in [0.25, 0.3) is 0 Å². The summed E-state index contributed by atoms with van der Waals surface area (Å²) < 4.78 is 0. The Balaban J connectivity index is 0. The SMILES string of the molecule is Br.CCCCCCCCCCCCCCCCC(CCCN(C)C)=C(C)C(N)=O. The Kier molecular flexibility index (Phi) is 23.8. The zero-order valence-corrected chi connectivity index (χ0v) is 21.8. The van der Waals surface area contributed by atoms with Gasteiger partial charge in [-0.05, 0) is 53.2 Å². The van der Waals surface area contributed by atoms with Crippen LogP contribution in [0.2, 0.25) is 0 Å².